The van der Waals surface area contributed by atoms with Crippen LogP contribution >= 0.6 is 23.2 Å². The fourth-order valence-corrected chi connectivity index (χ4v) is 2.53. The molecule has 1 aromatic rings. The normalized spacial score (nSPS) is 12.4. The third-order valence-corrected chi connectivity index (χ3v) is 3.64. The van der Waals surface area contributed by atoms with Crippen molar-refractivity contribution in [1.29, 1.82) is 0 Å². The van der Waals surface area contributed by atoms with E-state index in [0.29, 0.717) is 0 Å². The lowest BCUT2D eigenvalue weighted by Crippen LogP contribution is -2.23. The molecular weight excluding hydrogens is 265 g/mol. The highest BCUT2D eigenvalue weighted by Crippen LogP contribution is 2.33. The summed E-state index contributed by atoms with van der Waals surface area (Å²) < 4.78 is 0. The average Bonchev–Trinajstić information content (AvgIpc) is 2.35. The molecule has 1 aromatic carbocycles. The molecule has 0 saturated carbocycles. The highest BCUT2D eigenvalue weighted by Gasteiger charge is 2.17. The molecule has 100 valence electrons. The molecule has 3 heteroatoms. The van der Waals surface area contributed by atoms with Gasteiger partial charge in [0.2, 0.25) is 0 Å². The zero-order valence-electron chi connectivity index (χ0n) is 11.1. The van der Waals surface area contributed by atoms with Gasteiger partial charge in [-0.25, -0.2) is 0 Å². The first-order chi connectivity index (χ1) is 8.60. The molecule has 0 saturated heterocycles. The van der Waals surface area contributed by atoms with E-state index in [9.17, 15) is 0 Å². The van der Waals surface area contributed by atoms with Crippen molar-refractivity contribution in [2.45, 2.75) is 39.2 Å². The van der Waals surface area contributed by atoms with E-state index >= 15 is 0 Å². The zero-order valence-corrected chi connectivity index (χ0v) is 12.6. The Labute approximate surface area is 120 Å². The molecule has 0 aromatic heterocycles. The van der Waals surface area contributed by atoms with Gasteiger partial charge in [-0.1, -0.05) is 55.3 Å². The van der Waals surface area contributed by atoms with Crippen molar-refractivity contribution in [2.24, 2.45) is 0 Å². The van der Waals surface area contributed by atoms with E-state index in [1.807, 2.05) is 18.2 Å². The Morgan fingerprint density at radius 3 is 2.39 bits per heavy atom. The number of rotatable bonds is 7. The van der Waals surface area contributed by atoms with Crippen LogP contribution in [-0.4, -0.2) is 6.54 Å². The SMILES string of the molecule is C=C(CC)CC(NCCC)c1c(Cl)cccc1Cl. The van der Waals surface area contributed by atoms with Crippen LogP contribution in [0.5, 0.6) is 0 Å². The molecule has 0 bridgehead atoms. The molecule has 1 unspecified atom stereocenters. The number of nitrogens with one attached hydrogen (secondary N) is 1. The van der Waals surface area contributed by atoms with E-state index in [0.717, 1.165) is 41.4 Å². The van der Waals surface area contributed by atoms with Crippen molar-refractivity contribution in [3.05, 3.63) is 46.0 Å². The highest BCUT2D eigenvalue weighted by molar-refractivity contribution is 6.36. The van der Waals surface area contributed by atoms with E-state index in [1.165, 1.54) is 5.57 Å². The van der Waals surface area contributed by atoms with Gasteiger partial charge < -0.3 is 5.32 Å². The van der Waals surface area contributed by atoms with Crippen LogP contribution in [0, 0.1) is 0 Å². The van der Waals surface area contributed by atoms with Crippen LogP contribution < -0.4 is 5.32 Å². The first kappa shape index (κ1) is 15.6. The van der Waals surface area contributed by atoms with E-state index in [-0.39, 0.29) is 6.04 Å². The van der Waals surface area contributed by atoms with Crippen LogP contribution in [0.1, 0.15) is 44.7 Å². The van der Waals surface area contributed by atoms with Gasteiger partial charge in [0, 0.05) is 21.7 Å². The van der Waals surface area contributed by atoms with Gasteiger partial charge in [-0.2, -0.15) is 0 Å². The van der Waals surface area contributed by atoms with Gasteiger partial charge in [0.15, 0.2) is 0 Å². The Morgan fingerprint density at radius 1 is 1.28 bits per heavy atom. The first-order valence-electron chi connectivity index (χ1n) is 6.44. The second-order valence-corrected chi connectivity index (χ2v) is 5.26. The highest BCUT2D eigenvalue weighted by atomic mass is 35.5. The summed E-state index contributed by atoms with van der Waals surface area (Å²) in [5, 5.41) is 4.95. The second kappa shape index (κ2) is 7.83. The second-order valence-electron chi connectivity index (χ2n) is 4.45. The number of hydrogen-bond acceptors (Lipinski definition) is 1. The van der Waals surface area contributed by atoms with Gasteiger partial charge >= 0.3 is 0 Å². The summed E-state index contributed by atoms with van der Waals surface area (Å²) in [6, 6.07) is 5.80. The lowest BCUT2D eigenvalue weighted by atomic mass is 9.98. The van der Waals surface area contributed by atoms with Crippen molar-refractivity contribution in [3.8, 4) is 0 Å². The van der Waals surface area contributed by atoms with Crippen molar-refractivity contribution < 1.29 is 0 Å². The summed E-state index contributed by atoms with van der Waals surface area (Å²) in [4.78, 5) is 0. The number of hydrogen-bond donors (Lipinski definition) is 1. The molecular formula is C15H21Cl2N. The molecule has 0 radical (unpaired) electrons. The fraction of sp³-hybridized carbons (Fsp3) is 0.467. The maximum atomic E-state index is 6.28. The zero-order chi connectivity index (χ0) is 13.5. The monoisotopic (exact) mass is 285 g/mol. The summed E-state index contributed by atoms with van der Waals surface area (Å²) in [5.74, 6) is 0. The molecule has 1 nitrogen and oxygen atoms in total. The molecule has 1 atom stereocenters. The van der Waals surface area contributed by atoms with Crippen LogP contribution in [0.4, 0.5) is 0 Å². The van der Waals surface area contributed by atoms with Gasteiger partial charge in [0.1, 0.15) is 0 Å². The Kier molecular flexibility index (Phi) is 6.77. The standard InChI is InChI=1S/C15H21Cl2N/c1-4-9-18-14(10-11(3)5-2)15-12(16)7-6-8-13(15)17/h6-8,14,18H,3-5,9-10H2,1-2H3. The molecule has 0 amide bonds. The molecule has 1 rings (SSSR count). The summed E-state index contributed by atoms with van der Waals surface area (Å²) in [6.45, 7) is 9.29. The Balaban J connectivity index is 2.97. The van der Waals surface area contributed by atoms with Gasteiger partial charge in [0.05, 0.1) is 0 Å². The maximum Gasteiger partial charge on any atom is 0.0468 e. The number of benzene rings is 1. The molecule has 0 spiro atoms. The molecule has 0 aliphatic carbocycles. The van der Waals surface area contributed by atoms with Crippen LogP contribution in [0.25, 0.3) is 0 Å². The maximum absolute atomic E-state index is 6.28. The summed E-state index contributed by atoms with van der Waals surface area (Å²) >= 11 is 12.6. The van der Waals surface area contributed by atoms with Crippen molar-refractivity contribution in [1.82, 2.24) is 5.32 Å². The summed E-state index contributed by atoms with van der Waals surface area (Å²) in [7, 11) is 0. The lowest BCUT2D eigenvalue weighted by Gasteiger charge is -2.22. The van der Waals surface area contributed by atoms with Crippen LogP contribution in [-0.2, 0) is 0 Å². The average molecular weight is 286 g/mol. The molecule has 0 fully saturated rings. The summed E-state index contributed by atoms with van der Waals surface area (Å²) in [6.07, 6.45) is 2.93. The van der Waals surface area contributed by atoms with Gasteiger partial charge in [0.25, 0.3) is 0 Å². The topological polar surface area (TPSA) is 12.0 Å². The minimum Gasteiger partial charge on any atom is -0.310 e. The summed E-state index contributed by atoms with van der Waals surface area (Å²) in [5.41, 5.74) is 2.20. The van der Waals surface area contributed by atoms with Crippen molar-refractivity contribution >= 4 is 23.2 Å². The number of halogens is 2. The van der Waals surface area contributed by atoms with Crippen molar-refractivity contribution in [3.63, 3.8) is 0 Å². The van der Waals surface area contributed by atoms with E-state index in [2.05, 4.69) is 25.7 Å². The van der Waals surface area contributed by atoms with Crippen LogP contribution in [0.3, 0.4) is 0 Å². The smallest absolute Gasteiger partial charge is 0.0468 e. The van der Waals surface area contributed by atoms with Gasteiger partial charge in [-0.3, -0.25) is 0 Å². The third-order valence-electron chi connectivity index (χ3n) is 2.98. The lowest BCUT2D eigenvalue weighted by molar-refractivity contribution is 0.524. The minimum atomic E-state index is 0.151. The van der Waals surface area contributed by atoms with E-state index in [4.69, 9.17) is 23.2 Å². The Bertz CT molecular complexity index is 381. The van der Waals surface area contributed by atoms with E-state index < -0.39 is 0 Å². The quantitative estimate of drug-likeness (QED) is 0.662. The Morgan fingerprint density at radius 2 is 1.89 bits per heavy atom. The fourth-order valence-electron chi connectivity index (χ4n) is 1.87. The molecule has 0 aliphatic heterocycles. The minimum absolute atomic E-state index is 0.151. The molecule has 1 N–H and O–H groups in total. The predicted molar refractivity (Wildman–Crippen MR) is 81.5 cm³/mol. The van der Waals surface area contributed by atoms with Crippen LogP contribution in [0.2, 0.25) is 10.0 Å². The van der Waals surface area contributed by atoms with Gasteiger partial charge in [-0.15, -0.1) is 0 Å². The Hall–Kier alpha value is -0.500. The first-order valence-corrected chi connectivity index (χ1v) is 7.19. The van der Waals surface area contributed by atoms with Crippen LogP contribution in [0.15, 0.2) is 30.4 Å². The van der Waals surface area contributed by atoms with E-state index in [1.54, 1.807) is 0 Å². The molecule has 0 heterocycles. The largest absolute Gasteiger partial charge is 0.310 e. The molecule has 0 aliphatic rings. The predicted octanol–water partition coefficient (Wildman–Crippen LogP) is 5.39. The van der Waals surface area contributed by atoms with Gasteiger partial charge in [-0.05, 0) is 37.9 Å². The van der Waals surface area contributed by atoms with Crippen molar-refractivity contribution in [2.75, 3.05) is 6.54 Å². The molecule has 18 heavy (non-hydrogen) atoms. The third kappa shape index (κ3) is 4.31.